The second-order valence-electron chi connectivity index (χ2n) is 5.68. The molecule has 18 heavy (non-hydrogen) atoms. The standard InChI is InChI=1S/C15H27N3/c1-3-16-10-8-13(2)12-14-9-11-18(17-14)15-6-4-5-7-15/h9,11,13,15-16H,3-8,10,12H2,1-2H3. The normalized spacial score (nSPS) is 18.3. The van der Waals surface area contributed by atoms with E-state index in [-0.39, 0.29) is 0 Å². The zero-order valence-electron chi connectivity index (χ0n) is 11.9. The van der Waals surface area contributed by atoms with Crippen LogP contribution in [-0.4, -0.2) is 22.9 Å². The number of rotatable bonds is 7. The summed E-state index contributed by atoms with van der Waals surface area (Å²) in [6.45, 7) is 6.68. The van der Waals surface area contributed by atoms with Crippen LogP contribution in [0.1, 0.15) is 57.7 Å². The van der Waals surface area contributed by atoms with Gasteiger partial charge >= 0.3 is 0 Å². The van der Waals surface area contributed by atoms with Gasteiger partial charge in [0, 0.05) is 6.20 Å². The van der Waals surface area contributed by atoms with Gasteiger partial charge in [-0.2, -0.15) is 5.10 Å². The fourth-order valence-electron chi connectivity index (χ4n) is 2.84. The molecular weight excluding hydrogens is 222 g/mol. The molecule has 3 heteroatoms. The Morgan fingerprint density at radius 3 is 2.94 bits per heavy atom. The summed E-state index contributed by atoms with van der Waals surface area (Å²) in [5, 5.41) is 8.15. The lowest BCUT2D eigenvalue weighted by Crippen LogP contribution is -2.17. The van der Waals surface area contributed by atoms with E-state index in [9.17, 15) is 0 Å². The monoisotopic (exact) mass is 249 g/mol. The van der Waals surface area contributed by atoms with Crippen molar-refractivity contribution < 1.29 is 0 Å². The summed E-state index contributed by atoms with van der Waals surface area (Å²) in [6, 6.07) is 2.89. The summed E-state index contributed by atoms with van der Waals surface area (Å²) in [7, 11) is 0. The van der Waals surface area contributed by atoms with Crippen LogP contribution in [0.15, 0.2) is 12.3 Å². The number of nitrogens with zero attached hydrogens (tertiary/aromatic N) is 2. The van der Waals surface area contributed by atoms with Crippen LogP contribution in [0.3, 0.4) is 0 Å². The highest BCUT2D eigenvalue weighted by Gasteiger charge is 2.17. The number of hydrogen-bond donors (Lipinski definition) is 1. The maximum absolute atomic E-state index is 4.76. The predicted octanol–water partition coefficient (Wildman–Crippen LogP) is 3.18. The molecule has 0 saturated heterocycles. The zero-order valence-corrected chi connectivity index (χ0v) is 11.9. The fraction of sp³-hybridized carbons (Fsp3) is 0.800. The molecule has 1 heterocycles. The first-order valence-electron chi connectivity index (χ1n) is 7.54. The zero-order chi connectivity index (χ0) is 12.8. The Balaban J connectivity index is 1.78. The quantitative estimate of drug-likeness (QED) is 0.752. The topological polar surface area (TPSA) is 29.9 Å². The van der Waals surface area contributed by atoms with E-state index in [2.05, 4.69) is 36.1 Å². The Labute approximate surface area is 111 Å². The average molecular weight is 249 g/mol. The van der Waals surface area contributed by atoms with E-state index in [0.717, 1.165) is 25.4 Å². The summed E-state index contributed by atoms with van der Waals surface area (Å²) < 4.78 is 2.21. The third kappa shape index (κ3) is 3.84. The van der Waals surface area contributed by atoms with Crippen LogP contribution in [0.25, 0.3) is 0 Å². The molecule has 1 aromatic rings. The van der Waals surface area contributed by atoms with E-state index in [1.54, 1.807) is 0 Å². The molecule has 102 valence electrons. The van der Waals surface area contributed by atoms with Gasteiger partial charge in [0.05, 0.1) is 11.7 Å². The van der Waals surface area contributed by atoms with Gasteiger partial charge in [-0.3, -0.25) is 4.68 Å². The van der Waals surface area contributed by atoms with Crippen LogP contribution >= 0.6 is 0 Å². The van der Waals surface area contributed by atoms with E-state index in [0.29, 0.717) is 6.04 Å². The van der Waals surface area contributed by atoms with Crippen LogP contribution in [0, 0.1) is 5.92 Å². The lowest BCUT2D eigenvalue weighted by atomic mass is 10.0. The molecule has 1 N–H and O–H groups in total. The molecule has 1 unspecified atom stereocenters. The minimum absolute atomic E-state index is 0.677. The van der Waals surface area contributed by atoms with Gasteiger partial charge in [-0.25, -0.2) is 0 Å². The molecule has 2 rings (SSSR count). The molecule has 3 nitrogen and oxygen atoms in total. The van der Waals surface area contributed by atoms with E-state index >= 15 is 0 Å². The van der Waals surface area contributed by atoms with Crippen LogP contribution < -0.4 is 5.32 Å². The highest BCUT2D eigenvalue weighted by Crippen LogP contribution is 2.28. The van der Waals surface area contributed by atoms with Crippen LogP contribution in [0.2, 0.25) is 0 Å². The van der Waals surface area contributed by atoms with Crippen molar-refractivity contribution in [1.82, 2.24) is 15.1 Å². The highest BCUT2D eigenvalue weighted by atomic mass is 15.3. The SMILES string of the molecule is CCNCCC(C)Cc1ccn(C2CCCC2)n1. The minimum atomic E-state index is 0.677. The summed E-state index contributed by atoms with van der Waals surface area (Å²) in [6.07, 6.45) is 9.92. The van der Waals surface area contributed by atoms with E-state index in [1.807, 2.05) is 0 Å². The van der Waals surface area contributed by atoms with Crippen molar-refractivity contribution in [3.63, 3.8) is 0 Å². The minimum Gasteiger partial charge on any atom is -0.317 e. The van der Waals surface area contributed by atoms with Gasteiger partial charge in [0.2, 0.25) is 0 Å². The molecule has 1 aliphatic rings. The smallest absolute Gasteiger partial charge is 0.0627 e. The number of hydrogen-bond acceptors (Lipinski definition) is 2. The van der Waals surface area contributed by atoms with Crippen molar-refractivity contribution in [2.45, 2.75) is 58.4 Å². The van der Waals surface area contributed by atoms with E-state index in [1.165, 1.54) is 37.8 Å². The summed E-state index contributed by atoms with van der Waals surface area (Å²) in [5.41, 5.74) is 1.27. The van der Waals surface area contributed by atoms with E-state index in [4.69, 9.17) is 5.10 Å². The maximum Gasteiger partial charge on any atom is 0.0627 e. The lowest BCUT2D eigenvalue weighted by Gasteiger charge is -2.11. The van der Waals surface area contributed by atoms with Gasteiger partial charge in [0.1, 0.15) is 0 Å². The van der Waals surface area contributed by atoms with Crippen molar-refractivity contribution in [3.8, 4) is 0 Å². The second-order valence-corrected chi connectivity index (χ2v) is 5.68. The molecule has 0 radical (unpaired) electrons. The van der Waals surface area contributed by atoms with Gasteiger partial charge < -0.3 is 5.32 Å². The Kier molecular flexibility index (Phi) is 5.24. The Morgan fingerprint density at radius 2 is 2.22 bits per heavy atom. The maximum atomic E-state index is 4.76. The van der Waals surface area contributed by atoms with Gasteiger partial charge in [0.15, 0.2) is 0 Å². The van der Waals surface area contributed by atoms with Gasteiger partial charge in [-0.05, 0) is 50.8 Å². The second kappa shape index (κ2) is 6.93. The molecule has 0 spiro atoms. The number of nitrogens with one attached hydrogen (secondary N) is 1. The molecule has 0 aromatic carbocycles. The first-order valence-corrected chi connectivity index (χ1v) is 7.54. The van der Waals surface area contributed by atoms with Gasteiger partial charge in [-0.15, -0.1) is 0 Å². The molecule has 1 atom stereocenters. The summed E-state index contributed by atoms with van der Waals surface area (Å²) >= 11 is 0. The first-order chi connectivity index (χ1) is 8.79. The molecule has 0 aliphatic heterocycles. The molecular formula is C15H27N3. The Morgan fingerprint density at radius 1 is 1.44 bits per heavy atom. The molecule has 1 aliphatic carbocycles. The summed E-state index contributed by atoms with van der Waals surface area (Å²) in [5.74, 6) is 0.718. The van der Waals surface area contributed by atoms with Gasteiger partial charge in [-0.1, -0.05) is 26.7 Å². The highest BCUT2D eigenvalue weighted by molar-refractivity contribution is 5.01. The molecule has 1 aromatic heterocycles. The van der Waals surface area contributed by atoms with Crippen molar-refractivity contribution in [3.05, 3.63) is 18.0 Å². The third-order valence-corrected chi connectivity index (χ3v) is 3.98. The Bertz CT molecular complexity index is 339. The summed E-state index contributed by atoms with van der Waals surface area (Å²) in [4.78, 5) is 0. The van der Waals surface area contributed by atoms with Crippen LogP contribution in [0.4, 0.5) is 0 Å². The Hall–Kier alpha value is -0.830. The largest absolute Gasteiger partial charge is 0.317 e. The fourth-order valence-corrected chi connectivity index (χ4v) is 2.84. The van der Waals surface area contributed by atoms with Crippen LogP contribution in [-0.2, 0) is 6.42 Å². The average Bonchev–Trinajstić information content (AvgIpc) is 2.98. The molecule has 0 amide bonds. The molecule has 1 fully saturated rings. The first kappa shape index (κ1) is 13.6. The third-order valence-electron chi connectivity index (χ3n) is 3.98. The molecule has 0 bridgehead atoms. The van der Waals surface area contributed by atoms with Gasteiger partial charge in [0.25, 0.3) is 0 Å². The van der Waals surface area contributed by atoms with Crippen LogP contribution in [0.5, 0.6) is 0 Å². The van der Waals surface area contributed by atoms with Crippen molar-refractivity contribution >= 4 is 0 Å². The van der Waals surface area contributed by atoms with Crippen molar-refractivity contribution in [2.75, 3.05) is 13.1 Å². The van der Waals surface area contributed by atoms with Crippen molar-refractivity contribution in [2.24, 2.45) is 5.92 Å². The number of aromatic nitrogens is 2. The predicted molar refractivity (Wildman–Crippen MR) is 75.8 cm³/mol. The lowest BCUT2D eigenvalue weighted by molar-refractivity contribution is 0.452. The molecule has 1 saturated carbocycles. The van der Waals surface area contributed by atoms with Crippen molar-refractivity contribution in [1.29, 1.82) is 0 Å². The van der Waals surface area contributed by atoms with E-state index < -0.39 is 0 Å².